The van der Waals surface area contributed by atoms with Crippen molar-refractivity contribution in [2.75, 3.05) is 12.3 Å². The van der Waals surface area contributed by atoms with Crippen LogP contribution in [0.5, 0.6) is 0 Å². The summed E-state index contributed by atoms with van der Waals surface area (Å²) in [5, 5.41) is 2.92. The molecule has 1 aliphatic heterocycles. The van der Waals surface area contributed by atoms with Crippen molar-refractivity contribution >= 4 is 15.9 Å². The van der Waals surface area contributed by atoms with Crippen LogP contribution < -0.4 is 10.0 Å². The van der Waals surface area contributed by atoms with E-state index in [1.165, 1.54) is 30.5 Å². The van der Waals surface area contributed by atoms with Crippen LogP contribution >= 0.6 is 0 Å². The quantitative estimate of drug-likeness (QED) is 0.805. The number of hydrogen-bond donors (Lipinski definition) is 2. The van der Waals surface area contributed by atoms with Gasteiger partial charge in [0.25, 0.3) is 5.91 Å². The Labute approximate surface area is 153 Å². The first-order valence-electron chi connectivity index (χ1n) is 8.06. The maximum absolute atomic E-state index is 12.9. The molecule has 1 unspecified atom stereocenters. The summed E-state index contributed by atoms with van der Waals surface area (Å²) in [6.07, 6.45) is -2.55. The number of nitrogens with one attached hydrogen (secondary N) is 2. The van der Waals surface area contributed by atoms with Crippen LogP contribution in [0.2, 0.25) is 0 Å². The van der Waals surface area contributed by atoms with Gasteiger partial charge in [-0.1, -0.05) is 12.1 Å². The Hall–Kier alpha value is -2.46. The predicted molar refractivity (Wildman–Crippen MR) is 92.3 cm³/mol. The van der Waals surface area contributed by atoms with E-state index in [0.29, 0.717) is 12.0 Å². The number of hydrogen-bond acceptors (Lipinski definition) is 5. The molecule has 144 valence electrons. The zero-order valence-electron chi connectivity index (χ0n) is 14.0. The minimum atomic E-state index is -4.49. The largest absolute Gasteiger partial charge is 0.416 e. The molecule has 0 saturated carbocycles. The fraction of sp³-hybridized carbons (Fsp3) is 0.294. The summed E-state index contributed by atoms with van der Waals surface area (Å²) in [7, 11) is -3.84. The molecule has 10 heteroatoms. The molecule has 1 aromatic carbocycles. The second kappa shape index (κ2) is 7.28. The number of sulfonamides is 1. The van der Waals surface area contributed by atoms with Crippen molar-refractivity contribution < 1.29 is 26.4 Å². The summed E-state index contributed by atoms with van der Waals surface area (Å²) >= 11 is 0. The number of aromatic nitrogens is 1. The molecule has 0 spiro atoms. The van der Waals surface area contributed by atoms with Gasteiger partial charge in [-0.2, -0.15) is 13.2 Å². The van der Waals surface area contributed by atoms with E-state index in [1.807, 2.05) is 4.72 Å². The second-order valence-electron chi connectivity index (χ2n) is 6.16. The van der Waals surface area contributed by atoms with Crippen molar-refractivity contribution in [3.63, 3.8) is 0 Å². The minimum Gasteiger partial charge on any atom is -0.313 e. The van der Waals surface area contributed by atoms with Crippen LogP contribution in [0.4, 0.5) is 13.2 Å². The SMILES string of the molecule is O=C(NS(=O)(=O)CC1CCN1)c1cc(-c2cccc(C(F)(F)F)c2)ccn1. The van der Waals surface area contributed by atoms with Crippen molar-refractivity contribution in [2.24, 2.45) is 0 Å². The summed E-state index contributed by atoms with van der Waals surface area (Å²) in [5.74, 6) is -1.16. The van der Waals surface area contributed by atoms with E-state index in [4.69, 9.17) is 0 Å². The summed E-state index contributed by atoms with van der Waals surface area (Å²) in [5.41, 5.74) is -0.462. The Morgan fingerprint density at radius 1 is 1.22 bits per heavy atom. The average Bonchev–Trinajstić information content (AvgIpc) is 2.57. The first-order chi connectivity index (χ1) is 12.6. The smallest absolute Gasteiger partial charge is 0.313 e. The molecular weight excluding hydrogens is 383 g/mol. The van der Waals surface area contributed by atoms with Crippen molar-refractivity contribution in [3.8, 4) is 11.1 Å². The molecule has 2 aromatic rings. The van der Waals surface area contributed by atoms with E-state index in [0.717, 1.165) is 18.7 Å². The Morgan fingerprint density at radius 2 is 1.93 bits per heavy atom. The Morgan fingerprint density at radius 3 is 2.56 bits per heavy atom. The second-order valence-corrected chi connectivity index (χ2v) is 7.93. The maximum Gasteiger partial charge on any atom is 0.416 e. The van der Waals surface area contributed by atoms with Gasteiger partial charge in [0.05, 0.1) is 11.3 Å². The molecule has 1 saturated heterocycles. The number of pyridine rings is 1. The fourth-order valence-electron chi connectivity index (χ4n) is 2.60. The van der Waals surface area contributed by atoms with Gasteiger partial charge in [-0.15, -0.1) is 0 Å². The maximum atomic E-state index is 12.9. The third kappa shape index (κ3) is 4.83. The zero-order valence-corrected chi connectivity index (χ0v) is 14.8. The molecule has 0 radical (unpaired) electrons. The lowest BCUT2D eigenvalue weighted by Gasteiger charge is -2.27. The molecule has 2 N–H and O–H groups in total. The van der Waals surface area contributed by atoms with E-state index in [9.17, 15) is 26.4 Å². The molecule has 27 heavy (non-hydrogen) atoms. The molecule has 0 aliphatic carbocycles. The van der Waals surface area contributed by atoms with Gasteiger partial charge in [0.15, 0.2) is 0 Å². The standard InChI is InChI=1S/C17H16F3N3O3S/c18-17(19,20)13-3-1-2-11(8-13)12-4-6-22-15(9-12)16(24)23-27(25,26)10-14-5-7-21-14/h1-4,6,8-9,14,21H,5,7,10H2,(H,23,24). The van der Waals surface area contributed by atoms with Crippen LogP contribution in [0.15, 0.2) is 42.6 Å². The minimum absolute atomic E-state index is 0.195. The number of amides is 1. The number of benzene rings is 1. The van der Waals surface area contributed by atoms with Crippen molar-refractivity contribution in [3.05, 3.63) is 53.9 Å². The lowest BCUT2D eigenvalue weighted by atomic mass is 10.0. The Balaban J connectivity index is 1.80. The Bertz CT molecular complexity index is 957. The van der Waals surface area contributed by atoms with Gasteiger partial charge < -0.3 is 5.32 Å². The van der Waals surface area contributed by atoms with E-state index in [2.05, 4.69) is 10.3 Å². The van der Waals surface area contributed by atoms with Crippen LogP contribution in [-0.2, 0) is 16.2 Å². The van der Waals surface area contributed by atoms with Crippen LogP contribution in [0.1, 0.15) is 22.5 Å². The van der Waals surface area contributed by atoms with E-state index < -0.39 is 27.7 Å². The number of halogens is 3. The summed E-state index contributed by atoms with van der Waals surface area (Å²) in [6.45, 7) is 0.731. The van der Waals surface area contributed by atoms with Gasteiger partial charge in [-0.05, 0) is 48.4 Å². The topological polar surface area (TPSA) is 88.2 Å². The van der Waals surface area contributed by atoms with Crippen molar-refractivity contribution in [2.45, 2.75) is 18.6 Å². The molecule has 1 fully saturated rings. The van der Waals surface area contributed by atoms with Crippen LogP contribution in [0.25, 0.3) is 11.1 Å². The molecule has 1 aliphatic rings. The van der Waals surface area contributed by atoms with Crippen LogP contribution in [0.3, 0.4) is 0 Å². The van der Waals surface area contributed by atoms with Gasteiger partial charge in [0.1, 0.15) is 5.69 Å². The molecule has 1 atom stereocenters. The zero-order chi connectivity index (χ0) is 19.7. The molecular formula is C17H16F3N3O3S. The molecule has 6 nitrogen and oxygen atoms in total. The van der Waals surface area contributed by atoms with E-state index >= 15 is 0 Å². The molecule has 0 bridgehead atoms. The number of carbonyl (C=O) groups is 1. The highest BCUT2D eigenvalue weighted by Gasteiger charge is 2.30. The normalized spacial score (nSPS) is 17.2. The monoisotopic (exact) mass is 399 g/mol. The summed E-state index contributed by atoms with van der Waals surface area (Å²) < 4.78 is 64.5. The lowest BCUT2D eigenvalue weighted by Crippen LogP contribution is -2.50. The number of carbonyl (C=O) groups excluding carboxylic acids is 1. The van der Waals surface area contributed by atoms with Gasteiger partial charge >= 0.3 is 6.18 Å². The highest BCUT2D eigenvalue weighted by Crippen LogP contribution is 2.32. The van der Waals surface area contributed by atoms with Gasteiger partial charge in [0, 0.05) is 12.2 Å². The average molecular weight is 399 g/mol. The number of nitrogens with zero attached hydrogens (tertiary/aromatic N) is 1. The molecule has 1 amide bonds. The van der Waals surface area contributed by atoms with Gasteiger partial charge in [-0.25, -0.2) is 13.1 Å². The van der Waals surface area contributed by atoms with E-state index in [1.54, 1.807) is 0 Å². The summed E-state index contributed by atoms with van der Waals surface area (Å²) in [4.78, 5) is 16.0. The van der Waals surface area contributed by atoms with E-state index in [-0.39, 0.29) is 23.1 Å². The highest BCUT2D eigenvalue weighted by molar-refractivity contribution is 7.90. The lowest BCUT2D eigenvalue weighted by molar-refractivity contribution is -0.137. The fourth-order valence-corrected chi connectivity index (χ4v) is 3.88. The van der Waals surface area contributed by atoms with Crippen molar-refractivity contribution in [1.29, 1.82) is 0 Å². The third-order valence-electron chi connectivity index (χ3n) is 4.11. The van der Waals surface area contributed by atoms with Crippen LogP contribution in [-0.4, -0.2) is 37.6 Å². The van der Waals surface area contributed by atoms with Gasteiger partial charge in [-0.3, -0.25) is 9.78 Å². The molecule has 2 heterocycles. The first kappa shape index (κ1) is 19.3. The first-order valence-corrected chi connectivity index (χ1v) is 9.71. The van der Waals surface area contributed by atoms with Crippen LogP contribution in [0, 0.1) is 0 Å². The van der Waals surface area contributed by atoms with Crippen molar-refractivity contribution in [1.82, 2.24) is 15.0 Å². The third-order valence-corrected chi connectivity index (χ3v) is 5.45. The number of alkyl halides is 3. The highest BCUT2D eigenvalue weighted by atomic mass is 32.2. The van der Waals surface area contributed by atoms with Gasteiger partial charge in [0.2, 0.25) is 10.0 Å². The molecule has 1 aromatic heterocycles. The molecule has 3 rings (SSSR count). The predicted octanol–water partition coefficient (Wildman–Crippen LogP) is 2.19. The Kier molecular flexibility index (Phi) is 5.20. The number of rotatable bonds is 5. The summed E-state index contributed by atoms with van der Waals surface area (Å²) in [6, 6.07) is 7.12.